The van der Waals surface area contributed by atoms with Crippen molar-refractivity contribution in [1.82, 2.24) is 15.1 Å². The summed E-state index contributed by atoms with van der Waals surface area (Å²) >= 11 is 0. The van der Waals surface area contributed by atoms with Gasteiger partial charge < -0.3 is 10.1 Å². The number of hydrogen-bond acceptors (Lipinski definition) is 3. The van der Waals surface area contributed by atoms with Gasteiger partial charge in [0, 0.05) is 24.9 Å². The van der Waals surface area contributed by atoms with E-state index in [9.17, 15) is 0 Å². The molecule has 1 aromatic carbocycles. The lowest BCUT2D eigenvalue weighted by Gasteiger charge is -2.20. The Morgan fingerprint density at radius 1 is 1.24 bits per heavy atom. The largest absolute Gasteiger partial charge is 0.493 e. The first-order valence-electron chi connectivity index (χ1n) is 7.47. The predicted octanol–water partition coefficient (Wildman–Crippen LogP) is 3.02. The van der Waals surface area contributed by atoms with Gasteiger partial charge in [-0.1, -0.05) is 30.3 Å². The zero-order valence-electron chi connectivity index (χ0n) is 13.3. The van der Waals surface area contributed by atoms with E-state index in [0.29, 0.717) is 12.0 Å². The second-order valence-electron chi connectivity index (χ2n) is 5.57. The molecule has 0 bridgehead atoms. The minimum absolute atomic E-state index is 0.329. The van der Waals surface area contributed by atoms with Crippen LogP contribution in [0.1, 0.15) is 37.1 Å². The highest BCUT2D eigenvalue weighted by Gasteiger charge is 2.19. The lowest BCUT2D eigenvalue weighted by molar-refractivity contribution is 0.400. The Labute approximate surface area is 127 Å². The number of likely N-dealkylation sites (N-methyl/N-ethyl adjacent to an activating group) is 1. The fraction of sp³-hybridized carbons (Fsp3) is 0.471. The number of benzene rings is 1. The molecule has 0 saturated heterocycles. The molecule has 1 atom stereocenters. The van der Waals surface area contributed by atoms with Gasteiger partial charge in [-0.05, 0) is 26.5 Å². The zero-order chi connectivity index (χ0) is 15.2. The van der Waals surface area contributed by atoms with Gasteiger partial charge in [0.1, 0.15) is 0 Å². The third-order valence-electron chi connectivity index (χ3n) is 3.73. The molecule has 21 heavy (non-hydrogen) atoms. The van der Waals surface area contributed by atoms with Gasteiger partial charge in [0.25, 0.3) is 0 Å². The summed E-state index contributed by atoms with van der Waals surface area (Å²) < 4.78 is 7.55. The summed E-state index contributed by atoms with van der Waals surface area (Å²) in [6.45, 7) is 5.22. The Morgan fingerprint density at radius 2 is 1.95 bits per heavy atom. The van der Waals surface area contributed by atoms with E-state index >= 15 is 0 Å². The van der Waals surface area contributed by atoms with E-state index in [1.54, 1.807) is 7.11 Å². The van der Waals surface area contributed by atoms with Crippen LogP contribution in [0.3, 0.4) is 0 Å². The number of hydrogen-bond donors (Lipinski definition) is 1. The van der Waals surface area contributed by atoms with E-state index < -0.39 is 0 Å². The molecule has 1 unspecified atom stereocenters. The Kier molecular flexibility index (Phi) is 5.39. The summed E-state index contributed by atoms with van der Waals surface area (Å²) in [6, 6.07) is 10.9. The molecular formula is C17H25N3O. The smallest absolute Gasteiger partial charge is 0.159 e. The monoisotopic (exact) mass is 287 g/mol. The molecule has 0 aliphatic carbocycles. The van der Waals surface area contributed by atoms with E-state index in [1.807, 2.05) is 13.2 Å². The maximum Gasteiger partial charge on any atom is 0.159 e. The summed E-state index contributed by atoms with van der Waals surface area (Å²) in [5.74, 6) is 1.28. The average molecular weight is 287 g/mol. The van der Waals surface area contributed by atoms with Gasteiger partial charge >= 0.3 is 0 Å². The molecule has 0 fully saturated rings. The third-order valence-corrected chi connectivity index (χ3v) is 3.73. The number of nitrogens with zero attached hydrogens (tertiary/aromatic N) is 2. The topological polar surface area (TPSA) is 39.1 Å². The van der Waals surface area contributed by atoms with E-state index in [-0.39, 0.29) is 0 Å². The highest BCUT2D eigenvalue weighted by Crippen LogP contribution is 2.28. The number of nitrogens with one attached hydrogen (secondary N) is 1. The van der Waals surface area contributed by atoms with Gasteiger partial charge in [-0.3, -0.25) is 4.68 Å². The normalized spacial score (nSPS) is 12.6. The molecule has 0 aliphatic rings. The van der Waals surface area contributed by atoms with Gasteiger partial charge in [-0.25, -0.2) is 0 Å². The quantitative estimate of drug-likeness (QED) is 0.851. The fourth-order valence-electron chi connectivity index (χ4n) is 2.69. The molecular weight excluding hydrogens is 262 g/mol. The van der Waals surface area contributed by atoms with Crippen LogP contribution in [0, 0.1) is 0 Å². The highest BCUT2D eigenvalue weighted by atomic mass is 16.5. The Balaban J connectivity index is 2.30. The number of ether oxygens (including phenoxy) is 1. The van der Waals surface area contributed by atoms with Crippen LogP contribution in [-0.2, 0) is 6.42 Å². The SMILES string of the molecule is CNCC(Cc1c(OC)cnn1C(C)C)c1ccccc1. The van der Waals surface area contributed by atoms with Crippen molar-refractivity contribution >= 4 is 0 Å². The number of rotatable bonds is 7. The molecule has 0 saturated carbocycles. The molecule has 0 aliphatic heterocycles. The average Bonchev–Trinajstić information content (AvgIpc) is 2.90. The van der Waals surface area contributed by atoms with Gasteiger partial charge in [0.05, 0.1) is 19.0 Å². The summed E-state index contributed by atoms with van der Waals surface area (Å²) in [5, 5.41) is 7.76. The predicted molar refractivity (Wildman–Crippen MR) is 86.0 cm³/mol. The lowest BCUT2D eigenvalue weighted by atomic mass is 9.93. The highest BCUT2D eigenvalue weighted by molar-refractivity contribution is 5.30. The summed E-state index contributed by atoms with van der Waals surface area (Å²) in [5.41, 5.74) is 2.50. The van der Waals surface area contributed by atoms with Crippen LogP contribution in [0.25, 0.3) is 0 Å². The molecule has 0 spiro atoms. The third kappa shape index (κ3) is 3.64. The maximum absolute atomic E-state index is 5.49. The van der Waals surface area contributed by atoms with E-state index in [1.165, 1.54) is 5.56 Å². The van der Waals surface area contributed by atoms with Crippen LogP contribution in [0.2, 0.25) is 0 Å². The first-order valence-corrected chi connectivity index (χ1v) is 7.47. The van der Waals surface area contributed by atoms with E-state index in [2.05, 4.69) is 59.3 Å². The van der Waals surface area contributed by atoms with Crippen molar-refractivity contribution in [2.24, 2.45) is 0 Å². The van der Waals surface area contributed by atoms with Crippen molar-refractivity contribution in [3.05, 3.63) is 47.8 Å². The molecule has 0 amide bonds. The van der Waals surface area contributed by atoms with Crippen LogP contribution in [-0.4, -0.2) is 30.5 Å². The second-order valence-corrected chi connectivity index (χ2v) is 5.57. The van der Waals surface area contributed by atoms with Crippen LogP contribution >= 0.6 is 0 Å². The van der Waals surface area contributed by atoms with Crippen LogP contribution in [0.15, 0.2) is 36.5 Å². The summed E-state index contributed by atoms with van der Waals surface area (Å²) in [7, 11) is 3.70. The van der Waals surface area contributed by atoms with Crippen molar-refractivity contribution in [3.63, 3.8) is 0 Å². The van der Waals surface area contributed by atoms with Gasteiger partial charge in [-0.2, -0.15) is 5.10 Å². The molecule has 2 aromatic rings. The maximum atomic E-state index is 5.49. The van der Waals surface area contributed by atoms with Crippen molar-refractivity contribution in [1.29, 1.82) is 0 Å². The molecule has 4 heteroatoms. The molecule has 1 heterocycles. The van der Waals surface area contributed by atoms with Crippen LogP contribution < -0.4 is 10.1 Å². The minimum Gasteiger partial charge on any atom is -0.493 e. The molecule has 4 nitrogen and oxygen atoms in total. The van der Waals surface area contributed by atoms with Crippen LogP contribution in [0.4, 0.5) is 0 Å². The lowest BCUT2D eigenvalue weighted by Crippen LogP contribution is -2.21. The minimum atomic E-state index is 0.329. The Hall–Kier alpha value is -1.81. The van der Waals surface area contributed by atoms with E-state index in [0.717, 1.165) is 24.4 Å². The molecule has 1 N–H and O–H groups in total. The van der Waals surface area contributed by atoms with E-state index in [4.69, 9.17) is 4.74 Å². The van der Waals surface area contributed by atoms with Crippen molar-refractivity contribution in [2.75, 3.05) is 20.7 Å². The van der Waals surface area contributed by atoms with Gasteiger partial charge in [-0.15, -0.1) is 0 Å². The standard InChI is InChI=1S/C17H25N3O/c1-13(2)20-16(17(21-4)12-19-20)10-15(11-18-3)14-8-6-5-7-9-14/h5-9,12-13,15,18H,10-11H2,1-4H3. The van der Waals surface area contributed by atoms with Crippen molar-refractivity contribution in [2.45, 2.75) is 32.2 Å². The first-order chi connectivity index (χ1) is 10.2. The molecule has 0 radical (unpaired) electrons. The fourth-order valence-corrected chi connectivity index (χ4v) is 2.69. The number of aromatic nitrogens is 2. The molecule has 1 aromatic heterocycles. The summed E-state index contributed by atoms with van der Waals surface area (Å²) in [4.78, 5) is 0. The Morgan fingerprint density at radius 3 is 2.52 bits per heavy atom. The second kappa shape index (κ2) is 7.27. The van der Waals surface area contributed by atoms with Crippen LogP contribution in [0.5, 0.6) is 5.75 Å². The van der Waals surface area contributed by atoms with Gasteiger partial charge in [0.15, 0.2) is 5.75 Å². The zero-order valence-corrected chi connectivity index (χ0v) is 13.3. The molecule has 114 valence electrons. The summed E-state index contributed by atoms with van der Waals surface area (Å²) in [6.07, 6.45) is 2.73. The van der Waals surface area contributed by atoms with Gasteiger partial charge in [0.2, 0.25) is 0 Å². The first kappa shape index (κ1) is 15.6. The van der Waals surface area contributed by atoms with Crippen molar-refractivity contribution in [3.8, 4) is 5.75 Å². The van der Waals surface area contributed by atoms with Crippen molar-refractivity contribution < 1.29 is 4.74 Å². The Bertz CT molecular complexity index is 548. The molecule has 2 rings (SSSR count). The number of methoxy groups -OCH3 is 1.